The van der Waals surface area contributed by atoms with Crippen LogP contribution in [0.5, 0.6) is 0 Å². The summed E-state index contributed by atoms with van der Waals surface area (Å²) in [6.07, 6.45) is 0. The third-order valence-corrected chi connectivity index (χ3v) is 2.63. The number of likely N-dealkylation sites (N-methyl/N-ethyl adjacent to an activating group) is 1. The van der Waals surface area contributed by atoms with Gasteiger partial charge in [0.15, 0.2) is 0 Å². The Morgan fingerprint density at radius 2 is 1.75 bits per heavy atom. The largest absolute Gasteiger partial charge is 0.387 e. The first-order chi connectivity index (χ1) is 7.36. The molecular weight excluding hydrogens is 202 g/mol. The SMILES string of the molecule is CN(C(=O)CO)c1ccc(C(C)(C)C)cc1. The van der Waals surface area contributed by atoms with Crippen molar-refractivity contribution in [2.75, 3.05) is 18.6 Å². The highest BCUT2D eigenvalue weighted by atomic mass is 16.3. The number of anilines is 1. The average molecular weight is 221 g/mol. The molecule has 1 amide bonds. The molecular formula is C13H19NO2. The van der Waals surface area contributed by atoms with Gasteiger partial charge >= 0.3 is 0 Å². The van der Waals surface area contributed by atoms with E-state index in [-0.39, 0.29) is 11.3 Å². The van der Waals surface area contributed by atoms with Crippen molar-refractivity contribution in [1.29, 1.82) is 0 Å². The molecule has 88 valence electrons. The van der Waals surface area contributed by atoms with Gasteiger partial charge in [-0.3, -0.25) is 4.79 Å². The number of aliphatic hydroxyl groups excluding tert-OH is 1. The van der Waals surface area contributed by atoms with Gasteiger partial charge in [0, 0.05) is 12.7 Å². The predicted octanol–water partition coefficient (Wildman–Crippen LogP) is 1.94. The van der Waals surface area contributed by atoms with Crippen molar-refractivity contribution >= 4 is 11.6 Å². The molecule has 1 aromatic rings. The van der Waals surface area contributed by atoms with Crippen LogP contribution in [0.4, 0.5) is 5.69 Å². The fraction of sp³-hybridized carbons (Fsp3) is 0.462. The van der Waals surface area contributed by atoms with E-state index in [1.165, 1.54) is 10.5 Å². The number of benzene rings is 1. The maximum atomic E-state index is 11.3. The van der Waals surface area contributed by atoms with E-state index in [1.807, 2.05) is 24.3 Å². The molecule has 0 heterocycles. The second-order valence-electron chi connectivity index (χ2n) is 4.91. The van der Waals surface area contributed by atoms with Crippen molar-refractivity contribution in [1.82, 2.24) is 0 Å². The van der Waals surface area contributed by atoms with E-state index >= 15 is 0 Å². The summed E-state index contributed by atoms with van der Waals surface area (Å²) < 4.78 is 0. The van der Waals surface area contributed by atoms with Gasteiger partial charge in [-0.1, -0.05) is 32.9 Å². The molecule has 0 aromatic heterocycles. The highest BCUT2D eigenvalue weighted by Gasteiger charge is 2.14. The summed E-state index contributed by atoms with van der Waals surface area (Å²) in [5.74, 6) is -0.302. The van der Waals surface area contributed by atoms with E-state index in [9.17, 15) is 4.79 Å². The predicted molar refractivity (Wildman–Crippen MR) is 65.6 cm³/mol. The lowest BCUT2D eigenvalue weighted by Gasteiger charge is -2.21. The monoisotopic (exact) mass is 221 g/mol. The van der Waals surface area contributed by atoms with Crippen molar-refractivity contribution in [3.63, 3.8) is 0 Å². The summed E-state index contributed by atoms with van der Waals surface area (Å²) in [7, 11) is 1.66. The Bertz CT molecular complexity index is 363. The van der Waals surface area contributed by atoms with Gasteiger partial charge in [0.05, 0.1) is 0 Å². The number of amides is 1. The van der Waals surface area contributed by atoms with Crippen LogP contribution in [-0.2, 0) is 10.2 Å². The number of nitrogens with zero attached hydrogens (tertiary/aromatic N) is 1. The van der Waals surface area contributed by atoms with Crippen molar-refractivity contribution < 1.29 is 9.90 Å². The smallest absolute Gasteiger partial charge is 0.252 e. The number of aliphatic hydroxyl groups is 1. The summed E-state index contributed by atoms with van der Waals surface area (Å²) >= 11 is 0. The van der Waals surface area contributed by atoms with E-state index in [1.54, 1.807) is 7.05 Å². The molecule has 0 atom stereocenters. The summed E-state index contributed by atoms with van der Waals surface area (Å²) in [5, 5.41) is 8.76. The van der Waals surface area contributed by atoms with E-state index in [2.05, 4.69) is 20.8 Å². The Morgan fingerprint density at radius 3 is 2.12 bits per heavy atom. The number of hydrogen-bond acceptors (Lipinski definition) is 2. The molecule has 16 heavy (non-hydrogen) atoms. The molecule has 1 rings (SSSR count). The maximum Gasteiger partial charge on any atom is 0.252 e. The van der Waals surface area contributed by atoms with Gasteiger partial charge in [-0.15, -0.1) is 0 Å². The molecule has 0 spiro atoms. The van der Waals surface area contributed by atoms with Gasteiger partial charge in [-0.25, -0.2) is 0 Å². The molecule has 1 aromatic carbocycles. The first-order valence-corrected chi connectivity index (χ1v) is 5.34. The molecule has 0 saturated carbocycles. The van der Waals surface area contributed by atoms with Crippen LogP contribution >= 0.6 is 0 Å². The number of carbonyl (C=O) groups is 1. The Morgan fingerprint density at radius 1 is 1.25 bits per heavy atom. The highest BCUT2D eigenvalue weighted by Crippen LogP contribution is 2.24. The lowest BCUT2D eigenvalue weighted by molar-refractivity contribution is -0.120. The topological polar surface area (TPSA) is 40.5 Å². The normalized spacial score (nSPS) is 11.3. The minimum atomic E-state index is -0.461. The number of hydrogen-bond donors (Lipinski definition) is 1. The van der Waals surface area contributed by atoms with E-state index in [0.29, 0.717) is 0 Å². The van der Waals surface area contributed by atoms with Crippen molar-refractivity contribution in [2.24, 2.45) is 0 Å². The molecule has 1 N–H and O–H groups in total. The summed E-state index contributed by atoms with van der Waals surface area (Å²) in [6, 6.07) is 7.81. The van der Waals surface area contributed by atoms with Gasteiger partial charge in [0.2, 0.25) is 0 Å². The van der Waals surface area contributed by atoms with Crippen LogP contribution in [0.25, 0.3) is 0 Å². The van der Waals surface area contributed by atoms with Crippen LogP contribution in [0.2, 0.25) is 0 Å². The van der Waals surface area contributed by atoms with Gasteiger partial charge in [-0.2, -0.15) is 0 Å². The van der Waals surface area contributed by atoms with Gasteiger partial charge in [0.1, 0.15) is 6.61 Å². The Labute approximate surface area is 96.7 Å². The Balaban J connectivity index is 2.91. The molecule has 0 unspecified atom stereocenters. The zero-order chi connectivity index (χ0) is 12.3. The van der Waals surface area contributed by atoms with Crippen molar-refractivity contribution in [2.45, 2.75) is 26.2 Å². The molecule has 0 radical (unpaired) electrons. The molecule has 0 fully saturated rings. The quantitative estimate of drug-likeness (QED) is 0.829. The van der Waals surface area contributed by atoms with Crippen molar-refractivity contribution in [3.05, 3.63) is 29.8 Å². The zero-order valence-corrected chi connectivity index (χ0v) is 10.3. The molecule has 0 saturated heterocycles. The second-order valence-corrected chi connectivity index (χ2v) is 4.91. The molecule has 0 aliphatic heterocycles. The first kappa shape index (κ1) is 12.7. The summed E-state index contributed by atoms with van der Waals surface area (Å²) in [6.45, 7) is 5.97. The van der Waals surface area contributed by atoms with Crippen LogP contribution in [0.3, 0.4) is 0 Å². The van der Waals surface area contributed by atoms with E-state index < -0.39 is 6.61 Å². The maximum absolute atomic E-state index is 11.3. The fourth-order valence-electron chi connectivity index (χ4n) is 1.44. The van der Waals surface area contributed by atoms with E-state index in [4.69, 9.17) is 5.11 Å². The number of carbonyl (C=O) groups excluding carboxylic acids is 1. The van der Waals surface area contributed by atoms with Gasteiger partial charge < -0.3 is 10.0 Å². The highest BCUT2D eigenvalue weighted by molar-refractivity contribution is 5.93. The lowest BCUT2D eigenvalue weighted by atomic mass is 9.87. The first-order valence-electron chi connectivity index (χ1n) is 5.34. The third kappa shape index (κ3) is 2.83. The van der Waals surface area contributed by atoms with Crippen molar-refractivity contribution in [3.8, 4) is 0 Å². The molecule has 3 nitrogen and oxygen atoms in total. The Kier molecular flexibility index (Phi) is 3.70. The molecule has 3 heteroatoms. The van der Waals surface area contributed by atoms with Gasteiger partial charge in [0.25, 0.3) is 5.91 Å². The summed E-state index contributed by atoms with van der Waals surface area (Å²) in [4.78, 5) is 12.7. The van der Waals surface area contributed by atoms with Crippen LogP contribution < -0.4 is 4.90 Å². The molecule has 0 aliphatic rings. The second kappa shape index (κ2) is 4.66. The minimum absolute atomic E-state index is 0.109. The standard InChI is InChI=1S/C13H19NO2/c1-13(2,3)10-5-7-11(8-6-10)14(4)12(16)9-15/h5-8,15H,9H2,1-4H3. The van der Waals surface area contributed by atoms with Crippen LogP contribution in [-0.4, -0.2) is 24.7 Å². The Hall–Kier alpha value is -1.35. The van der Waals surface area contributed by atoms with E-state index in [0.717, 1.165) is 5.69 Å². The summed E-state index contributed by atoms with van der Waals surface area (Å²) in [5.41, 5.74) is 2.13. The van der Waals surface area contributed by atoms with Crippen LogP contribution in [0.1, 0.15) is 26.3 Å². The average Bonchev–Trinajstić information content (AvgIpc) is 2.26. The van der Waals surface area contributed by atoms with Crippen LogP contribution in [0, 0.1) is 0 Å². The minimum Gasteiger partial charge on any atom is -0.387 e. The van der Waals surface area contributed by atoms with Gasteiger partial charge in [-0.05, 0) is 23.1 Å². The third-order valence-electron chi connectivity index (χ3n) is 2.63. The van der Waals surface area contributed by atoms with Crippen LogP contribution in [0.15, 0.2) is 24.3 Å². The number of rotatable bonds is 2. The fourth-order valence-corrected chi connectivity index (χ4v) is 1.44. The lowest BCUT2D eigenvalue weighted by Crippen LogP contribution is -2.28. The molecule has 0 aliphatic carbocycles. The zero-order valence-electron chi connectivity index (χ0n) is 10.3. The molecule has 0 bridgehead atoms.